The van der Waals surface area contributed by atoms with E-state index < -0.39 is 5.97 Å². The number of carbonyl (C=O) groups excluding carboxylic acids is 1. The van der Waals surface area contributed by atoms with Crippen LogP contribution in [0.4, 0.5) is 0 Å². The summed E-state index contributed by atoms with van der Waals surface area (Å²) >= 11 is 0. The summed E-state index contributed by atoms with van der Waals surface area (Å²) in [5, 5.41) is 0.408. The largest absolute Gasteiger partial charge is 0.457 e. The lowest BCUT2D eigenvalue weighted by Gasteiger charge is -2.43. The van der Waals surface area contributed by atoms with Gasteiger partial charge in [-0.1, -0.05) is 36.4 Å². The van der Waals surface area contributed by atoms with Crippen LogP contribution in [0.5, 0.6) is 0 Å². The fraction of sp³-hybridized carbons (Fsp3) is 0.333. The van der Waals surface area contributed by atoms with Crippen molar-refractivity contribution < 1.29 is 13.9 Å². The number of esters is 1. The van der Waals surface area contributed by atoms with E-state index in [1.54, 1.807) is 25.1 Å². The second-order valence-electron chi connectivity index (χ2n) is 8.02. The molecule has 1 unspecified atom stereocenters. The third-order valence-corrected chi connectivity index (χ3v) is 6.26. The third kappa shape index (κ3) is 3.53. The molecule has 1 atom stereocenters. The Labute approximate surface area is 181 Å². The average Bonchev–Trinajstić information content (AvgIpc) is 2.77. The second-order valence-corrected chi connectivity index (χ2v) is 8.02. The van der Waals surface area contributed by atoms with Gasteiger partial charge in [-0.25, -0.2) is 4.79 Å². The summed E-state index contributed by atoms with van der Waals surface area (Å²) in [6.07, 6.45) is 2.05. The van der Waals surface area contributed by atoms with Gasteiger partial charge in [0.15, 0.2) is 11.0 Å². The maximum atomic E-state index is 13.0. The van der Waals surface area contributed by atoms with Gasteiger partial charge in [0.25, 0.3) is 0 Å². The summed E-state index contributed by atoms with van der Waals surface area (Å²) in [5.41, 5.74) is 1.83. The zero-order chi connectivity index (χ0) is 20.0. The molecule has 3 saturated heterocycles. The fourth-order valence-corrected chi connectivity index (χ4v) is 4.58. The molecule has 6 rings (SSSR count). The molecule has 0 aliphatic carbocycles. The topological polar surface area (TPSA) is 59.8 Å². The minimum absolute atomic E-state index is 0. The Hall–Kier alpha value is -2.63. The number of rotatable bonds is 3. The zero-order valence-electron chi connectivity index (χ0n) is 16.8. The molecular formula is C24H24ClNO4. The standard InChI is InChI=1S/C24H23NO4.ClH/c1-15-21(26)18-8-5-9-19(23(18)29-22(15)17-6-3-2-4-7-17)24(27)28-20-14-25-12-10-16(20)11-13-25;/h2-9,16,20H,10-14H2,1H3;1H. The van der Waals surface area contributed by atoms with Gasteiger partial charge in [0, 0.05) is 17.7 Å². The summed E-state index contributed by atoms with van der Waals surface area (Å²) in [6.45, 7) is 4.72. The van der Waals surface area contributed by atoms with E-state index in [4.69, 9.17) is 9.15 Å². The van der Waals surface area contributed by atoms with E-state index in [0.717, 1.165) is 38.0 Å². The first-order valence-corrected chi connectivity index (χ1v) is 10.2. The van der Waals surface area contributed by atoms with Crippen LogP contribution in [0.3, 0.4) is 0 Å². The molecule has 0 saturated carbocycles. The van der Waals surface area contributed by atoms with Crippen molar-refractivity contribution in [1.82, 2.24) is 4.90 Å². The Balaban J connectivity index is 0.00000218. The summed E-state index contributed by atoms with van der Waals surface area (Å²) in [5.74, 6) is 0.500. The molecule has 6 heteroatoms. The number of ether oxygens (including phenoxy) is 1. The van der Waals surface area contributed by atoms with Gasteiger partial charge in [-0.15, -0.1) is 12.4 Å². The molecule has 1 aromatic heterocycles. The number of nitrogens with zero attached hydrogens (tertiary/aromatic N) is 1. The normalized spacial score (nSPS) is 22.5. The van der Waals surface area contributed by atoms with E-state index in [1.807, 2.05) is 30.3 Å². The van der Waals surface area contributed by atoms with Crippen molar-refractivity contribution >= 4 is 29.3 Å². The highest BCUT2D eigenvalue weighted by Gasteiger charge is 2.37. The van der Waals surface area contributed by atoms with E-state index >= 15 is 0 Å². The molecule has 2 aromatic carbocycles. The highest BCUT2D eigenvalue weighted by molar-refractivity contribution is 6.02. The van der Waals surface area contributed by atoms with Gasteiger partial charge in [-0.05, 0) is 50.9 Å². The maximum absolute atomic E-state index is 13.0. The Kier molecular flexibility index (Phi) is 5.67. The van der Waals surface area contributed by atoms with Crippen LogP contribution in [0.1, 0.15) is 28.8 Å². The number of fused-ring (bicyclic) bond motifs is 4. The first kappa shape index (κ1) is 20.6. The lowest BCUT2D eigenvalue weighted by Crippen LogP contribution is -2.51. The van der Waals surface area contributed by atoms with Crippen molar-refractivity contribution in [2.75, 3.05) is 19.6 Å². The number of para-hydroxylation sites is 1. The molecule has 3 fully saturated rings. The van der Waals surface area contributed by atoms with E-state index in [0.29, 0.717) is 33.8 Å². The highest BCUT2D eigenvalue weighted by atomic mass is 35.5. The molecule has 3 aliphatic rings. The van der Waals surface area contributed by atoms with Crippen molar-refractivity contribution in [2.45, 2.75) is 25.9 Å². The Morgan fingerprint density at radius 3 is 2.47 bits per heavy atom. The number of halogens is 1. The average molecular weight is 426 g/mol. The quantitative estimate of drug-likeness (QED) is 0.580. The van der Waals surface area contributed by atoms with E-state index in [2.05, 4.69) is 4.90 Å². The number of benzene rings is 2. The number of hydrogen-bond acceptors (Lipinski definition) is 5. The molecule has 0 amide bonds. The highest BCUT2D eigenvalue weighted by Crippen LogP contribution is 2.31. The summed E-state index contributed by atoms with van der Waals surface area (Å²) < 4.78 is 12.0. The number of hydrogen-bond donors (Lipinski definition) is 0. The van der Waals surface area contributed by atoms with Gasteiger partial charge in [-0.3, -0.25) is 9.69 Å². The van der Waals surface area contributed by atoms with Crippen LogP contribution in [-0.4, -0.2) is 36.6 Å². The van der Waals surface area contributed by atoms with Crippen LogP contribution in [0.15, 0.2) is 57.7 Å². The van der Waals surface area contributed by atoms with E-state index in [-0.39, 0.29) is 23.9 Å². The lowest BCUT2D eigenvalue weighted by atomic mass is 9.86. The van der Waals surface area contributed by atoms with Crippen LogP contribution in [-0.2, 0) is 4.74 Å². The number of piperidine rings is 3. The van der Waals surface area contributed by atoms with Gasteiger partial charge in [0.05, 0.1) is 5.39 Å². The zero-order valence-corrected chi connectivity index (χ0v) is 17.6. The molecule has 4 heterocycles. The second kappa shape index (κ2) is 8.25. The number of carbonyl (C=O) groups is 1. The lowest BCUT2D eigenvalue weighted by molar-refractivity contribution is -0.0455. The van der Waals surface area contributed by atoms with Crippen molar-refractivity contribution in [1.29, 1.82) is 0 Å². The van der Waals surface area contributed by atoms with E-state index in [9.17, 15) is 9.59 Å². The predicted octanol–water partition coefficient (Wildman–Crippen LogP) is 4.44. The Bertz CT molecular complexity index is 1130. The van der Waals surface area contributed by atoms with E-state index in [1.165, 1.54) is 0 Å². The van der Waals surface area contributed by atoms with Crippen LogP contribution >= 0.6 is 12.4 Å². The molecule has 0 radical (unpaired) electrons. The smallest absolute Gasteiger partial charge is 0.342 e. The van der Waals surface area contributed by atoms with Crippen LogP contribution in [0.25, 0.3) is 22.3 Å². The molecule has 30 heavy (non-hydrogen) atoms. The van der Waals surface area contributed by atoms with Crippen molar-refractivity contribution in [2.24, 2.45) is 5.92 Å². The van der Waals surface area contributed by atoms with Crippen LogP contribution in [0.2, 0.25) is 0 Å². The first-order valence-electron chi connectivity index (χ1n) is 10.2. The van der Waals surface area contributed by atoms with Crippen LogP contribution < -0.4 is 5.43 Å². The fourth-order valence-electron chi connectivity index (χ4n) is 4.58. The molecule has 156 valence electrons. The van der Waals surface area contributed by atoms with Gasteiger partial charge in [0.1, 0.15) is 17.4 Å². The summed E-state index contributed by atoms with van der Waals surface area (Å²) in [6, 6.07) is 14.6. The maximum Gasteiger partial charge on any atom is 0.342 e. The molecule has 3 aliphatic heterocycles. The molecule has 0 spiro atoms. The summed E-state index contributed by atoms with van der Waals surface area (Å²) in [7, 11) is 0. The van der Waals surface area contributed by atoms with Crippen LogP contribution in [0, 0.1) is 12.8 Å². The third-order valence-electron chi connectivity index (χ3n) is 6.26. The van der Waals surface area contributed by atoms with Crippen molar-refractivity contribution in [3.05, 3.63) is 69.9 Å². The summed E-state index contributed by atoms with van der Waals surface area (Å²) in [4.78, 5) is 28.4. The van der Waals surface area contributed by atoms with Crippen molar-refractivity contribution in [3.8, 4) is 11.3 Å². The van der Waals surface area contributed by atoms with Gasteiger partial charge >= 0.3 is 5.97 Å². The minimum atomic E-state index is -0.416. The molecule has 3 aromatic rings. The van der Waals surface area contributed by atoms with Gasteiger partial charge in [-0.2, -0.15) is 0 Å². The SMILES string of the molecule is Cc1c(-c2ccccc2)oc2c(C(=O)OC3CN4CCC3CC4)cccc2c1=O.Cl. The Morgan fingerprint density at radius 1 is 1.07 bits per heavy atom. The minimum Gasteiger partial charge on any atom is -0.457 e. The first-order chi connectivity index (χ1) is 14.1. The molecule has 0 N–H and O–H groups in total. The monoisotopic (exact) mass is 425 g/mol. The molecular weight excluding hydrogens is 402 g/mol. The molecule has 5 nitrogen and oxygen atoms in total. The van der Waals surface area contributed by atoms with Gasteiger partial charge < -0.3 is 9.15 Å². The molecule has 2 bridgehead atoms. The van der Waals surface area contributed by atoms with Gasteiger partial charge in [0.2, 0.25) is 0 Å². The predicted molar refractivity (Wildman–Crippen MR) is 118 cm³/mol. The Morgan fingerprint density at radius 2 is 1.80 bits per heavy atom. The van der Waals surface area contributed by atoms with Crippen molar-refractivity contribution in [3.63, 3.8) is 0 Å².